The highest BCUT2D eigenvalue weighted by molar-refractivity contribution is 5.77. The van der Waals surface area contributed by atoms with Crippen molar-refractivity contribution in [3.05, 3.63) is 0 Å². The molecule has 0 aromatic carbocycles. The Morgan fingerprint density at radius 3 is 2.33 bits per heavy atom. The van der Waals surface area contributed by atoms with Crippen LogP contribution in [0, 0.1) is 0 Å². The molecule has 0 aromatic rings. The van der Waals surface area contributed by atoms with Crippen LogP contribution in [-0.4, -0.2) is 23.2 Å². The van der Waals surface area contributed by atoms with Gasteiger partial charge in [0.2, 0.25) is 6.43 Å². The Bertz CT molecular complexity index is 162. The van der Waals surface area contributed by atoms with Gasteiger partial charge in [-0.2, -0.15) is 0 Å². The van der Waals surface area contributed by atoms with E-state index in [4.69, 9.17) is 16.6 Å². The average molecular weight is 182 g/mol. The summed E-state index contributed by atoms with van der Waals surface area (Å²) in [6.45, 7) is 0. The quantitative estimate of drug-likeness (QED) is 0.527. The number of alkyl halides is 2. The molecule has 0 aromatic heterocycles. The van der Waals surface area contributed by atoms with Gasteiger partial charge in [0.1, 0.15) is 0 Å². The van der Waals surface area contributed by atoms with E-state index < -0.39 is 18.1 Å². The van der Waals surface area contributed by atoms with Crippen LogP contribution in [0.2, 0.25) is 0 Å². The Balaban J connectivity index is 3.69. The highest BCUT2D eigenvalue weighted by Gasteiger charge is 2.28. The normalized spacial score (nSPS) is 12.1. The fourth-order valence-electron chi connectivity index (χ4n) is 0.656. The van der Waals surface area contributed by atoms with Crippen LogP contribution < -0.4 is 11.5 Å². The van der Waals surface area contributed by atoms with Crippen molar-refractivity contribution < 1.29 is 18.7 Å². The number of hydrogen-bond donors (Lipinski definition) is 3. The van der Waals surface area contributed by atoms with E-state index in [0.29, 0.717) is 0 Å². The molecule has 0 saturated heterocycles. The van der Waals surface area contributed by atoms with Crippen LogP contribution in [0.4, 0.5) is 8.78 Å². The van der Waals surface area contributed by atoms with Gasteiger partial charge in [0.05, 0.1) is 0 Å². The SMILES string of the molecule is NC(N)(CCCC(F)F)C(=O)O. The van der Waals surface area contributed by atoms with E-state index in [1.165, 1.54) is 0 Å². The Labute approximate surface area is 68.5 Å². The number of aliphatic carboxylic acids is 1. The van der Waals surface area contributed by atoms with Crippen LogP contribution >= 0.6 is 0 Å². The number of nitrogens with two attached hydrogens (primary N) is 2. The molecule has 0 fully saturated rings. The van der Waals surface area contributed by atoms with Crippen molar-refractivity contribution in [1.29, 1.82) is 0 Å². The second-order valence-electron chi connectivity index (χ2n) is 2.63. The van der Waals surface area contributed by atoms with E-state index >= 15 is 0 Å². The molecule has 0 saturated carbocycles. The molecule has 0 aliphatic carbocycles. The van der Waals surface area contributed by atoms with Crippen molar-refractivity contribution in [3.63, 3.8) is 0 Å². The van der Waals surface area contributed by atoms with Crippen LogP contribution in [-0.2, 0) is 4.79 Å². The maximum atomic E-state index is 11.6. The molecule has 72 valence electrons. The van der Waals surface area contributed by atoms with Crippen LogP contribution in [0.5, 0.6) is 0 Å². The van der Waals surface area contributed by atoms with Gasteiger partial charge in [0, 0.05) is 6.42 Å². The third kappa shape index (κ3) is 4.20. The zero-order valence-corrected chi connectivity index (χ0v) is 6.46. The van der Waals surface area contributed by atoms with Gasteiger partial charge < -0.3 is 16.6 Å². The summed E-state index contributed by atoms with van der Waals surface area (Å²) in [5.41, 5.74) is 8.28. The lowest BCUT2D eigenvalue weighted by Gasteiger charge is -2.18. The lowest BCUT2D eigenvalue weighted by Crippen LogP contribution is -2.56. The predicted octanol–water partition coefficient (Wildman–Crippen LogP) is 0.120. The molecule has 0 spiro atoms. The highest BCUT2D eigenvalue weighted by atomic mass is 19.3. The molecule has 0 radical (unpaired) electrons. The smallest absolute Gasteiger partial charge is 0.338 e. The highest BCUT2D eigenvalue weighted by Crippen LogP contribution is 2.10. The summed E-state index contributed by atoms with van der Waals surface area (Å²) in [5.74, 6) is -1.38. The molecule has 0 heterocycles. The zero-order valence-electron chi connectivity index (χ0n) is 6.46. The predicted molar refractivity (Wildman–Crippen MR) is 38.6 cm³/mol. The van der Waals surface area contributed by atoms with Crippen LogP contribution in [0.1, 0.15) is 19.3 Å². The second-order valence-corrected chi connectivity index (χ2v) is 2.63. The third-order valence-corrected chi connectivity index (χ3v) is 1.41. The van der Waals surface area contributed by atoms with Gasteiger partial charge in [-0.1, -0.05) is 0 Å². The average Bonchev–Trinajstić information content (AvgIpc) is 1.85. The summed E-state index contributed by atoms with van der Waals surface area (Å²) in [4.78, 5) is 10.3. The van der Waals surface area contributed by atoms with Gasteiger partial charge in [-0.15, -0.1) is 0 Å². The topological polar surface area (TPSA) is 89.3 Å². The zero-order chi connectivity index (χ0) is 9.78. The molecule has 0 bridgehead atoms. The maximum Gasteiger partial charge on any atom is 0.338 e. The summed E-state index contributed by atoms with van der Waals surface area (Å²) in [6, 6.07) is 0. The standard InChI is InChI=1S/C6H12F2N2O2/c7-4(8)2-1-3-6(9,10)5(11)12/h4H,1-3,9-10H2,(H,11,12). The minimum Gasteiger partial charge on any atom is -0.479 e. The molecule has 4 nitrogen and oxygen atoms in total. The van der Waals surface area contributed by atoms with E-state index in [1.807, 2.05) is 0 Å². The molecule has 12 heavy (non-hydrogen) atoms. The number of rotatable bonds is 5. The number of halogens is 2. The number of carbonyl (C=O) groups is 1. The molecule has 6 heteroatoms. The van der Waals surface area contributed by atoms with Crippen LogP contribution in [0.25, 0.3) is 0 Å². The minimum atomic E-state index is -2.44. The molecule has 0 aliphatic heterocycles. The first-order chi connectivity index (χ1) is 5.36. The lowest BCUT2D eigenvalue weighted by atomic mass is 10.1. The first-order valence-electron chi connectivity index (χ1n) is 3.45. The van der Waals surface area contributed by atoms with E-state index in [2.05, 4.69) is 0 Å². The molecule has 0 rings (SSSR count). The fraction of sp³-hybridized carbons (Fsp3) is 0.833. The maximum absolute atomic E-state index is 11.6. The van der Waals surface area contributed by atoms with Gasteiger partial charge in [0.15, 0.2) is 5.66 Å². The molecule has 0 atom stereocenters. The van der Waals surface area contributed by atoms with Crippen molar-refractivity contribution in [2.75, 3.05) is 0 Å². The van der Waals surface area contributed by atoms with Gasteiger partial charge >= 0.3 is 5.97 Å². The summed E-state index contributed by atoms with van der Waals surface area (Å²) in [6.07, 6.45) is -2.94. The fourth-order valence-corrected chi connectivity index (χ4v) is 0.656. The van der Waals surface area contributed by atoms with E-state index in [1.54, 1.807) is 0 Å². The summed E-state index contributed by atoms with van der Waals surface area (Å²) in [5, 5.41) is 8.37. The van der Waals surface area contributed by atoms with Crippen molar-refractivity contribution in [2.24, 2.45) is 11.5 Å². The number of carboxylic acids is 1. The lowest BCUT2D eigenvalue weighted by molar-refractivity contribution is -0.143. The van der Waals surface area contributed by atoms with Crippen LogP contribution in [0.3, 0.4) is 0 Å². The largest absolute Gasteiger partial charge is 0.479 e. The molecule has 0 unspecified atom stereocenters. The Kier molecular flexibility index (Phi) is 4.05. The third-order valence-electron chi connectivity index (χ3n) is 1.41. The first kappa shape index (κ1) is 11.2. The number of hydrogen-bond acceptors (Lipinski definition) is 3. The van der Waals surface area contributed by atoms with Crippen molar-refractivity contribution in [3.8, 4) is 0 Å². The Hall–Kier alpha value is -0.750. The van der Waals surface area contributed by atoms with E-state index in [9.17, 15) is 13.6 Å². The summed E-state index contributed by atoms with van der Waals surface area (Å²) in [7, 11) is 0. The first-order valence-corrected chi connectivity index (χ1v) is 3.45. The molecule has 0 amide bonds. The van der Waals surface area contributed by atoms with Crippen LogP contribution in [0.15, 0.2) is 0 Å². The van der Waals surface area contributed by atoms with E-state index in [-0.39, 0.29) is 19.3 Å². The Morgan fingerprint density at radius 2 is 2.00 bits per heavy atom. The van der Waals surface area contributed by atoms with Crippen molar-refractivity contribution in [1.82, 2.24) is 0 Å². The Morgan fingerprint density at radius 1 is 1.50 bits per heavy atom. The number of carboxylic acid groups (broad SMARTS) is 1. The van der Waals surface area contributed by atoms with E-state index in [0.717, 1.165) is 0 Å². The van der Waals surface area contributed by atoms with Gasteiger partial charge in [-0.3, -0.25) is 0 Å². The molecular weight excluding hydrogens is 170 g/mol. The monoisotopic (exact) mass is 182 g/mol. The summed E-state index contributed by atoms with van der Waals surface area (Å²) < 4.78 is 23.2. The second kappa shape index (κ2) is 4.32. The van der Waals surface area contributed by atoms with Crippen molar-refractivity contribution in [2.45, 2.75) is 31.4 Å². The molecule has 5 N–H and O–H groups in total. The molecular formula is C6H12F2N2O2. The minimum absolute atomic E-state index is 0.0109. The summed E-state index contributed by atoms with van der Waals surface area (Å²) >= 11 is 0. The van der Waals surface area contributed by atoms with Gasteiger partial charge in [-0.25, -0.2) is 13.6 Å². The van der Waals surface area contributed by atoms with Gasteiger partial charge in [0.25, 0.3) is 0 Å². The molecule has 0 aliphatic rings. The van der Waals surface area contributed by atoms with Crippen molar-refractivity contribution >= 4 is 5.97 Å². The van der Waals surface area contributed by atoms with Gasteiger partial charge in [-0.05, 0) is 12.8 Å².